The molecular weight excluding hydrogens is 398 g/mol. The number of carbonyl (C=O) groups excluding carboxylic acids is 1. The molecule has 2 heterocycles. The summed E-state index contributed by atoms with van der Waals surface area (Å²) in [6.07, 6.45) is 7.53. The molecule has 2 unspecified atom stereocenters. The van der Waals surface area contributed by atoms with Crippen LogP contribution in [0.3, 0.4) is 0 Å². The number of fused-ring (bicyclic) bond motifs is 1. The van der Waals surface area contributed by atoms with Gasteiger partial charge in [0.05, 0.1) is 10.9 Å². The maximum atomic E-state index is 13.2. The zero-order chi connectivity index (χ0) is 21.3. The van der Waals surface area contributed by atoms with Crippen molar-refractivity contribution < 1.29 is 13.2 Å². The average Bonchev–Trinajstić information content (AvgIpc) is 3.26. The van der Waals surface area contributed by atoms with Crippen LogP contribution in [0.5, 0.6) is 0 Å². The lowest BCUT2D eigenvalue weighted by molar-refractivity contribution is -0.140. The van der Waals surface area contributed by atoms with E-state index in [9.17, 15) is 13.2 Å². The molecule has 166 valence electrons. The summed E-state index contributed by atoms with van der Waals surface area (Å²) in [5.41, 5.74) is 2.47. The summed E-state index contributed by atoms with van der Waals surface area (Å²) >= 11 is 0. The number of piperazine rings is 1. The summed E-state index contributed by atoms with van der Waals surface area (Å²) < 4.78 is 27.9. The Balaban J connectivity index is 1.39. The summed E-state index contributed by atoms with van der Waals surface area (Å²) in [6, 6.07) is 5.78. The minimum atomic E-state index is -3.47. The fraction of sp³-hybridized carbons (Fsp3) is 0.696. The largest absolute Gasteiger partial charge is 0.338 e. The lowest BCUT2D eigenvalue weighted by atomic mass is 9.99. The van der Waals surface area contributed by atoms with Crippen molar-refractivity contribution in [1.29, 1.82) is 0 Å². The molecule has 0 N–H and O–H groups in total. The Morgan fingerprint density at radius 2 is 1.77 bits per heavy atom. The number of benzene rings is 1. The smallest absolute Gasteiger partial charge is 0.243 e. The van der Waals surface area contributed by atoms with Gasteiger partial charge in [-0.25, -0.2) is 8.42 Å². The number of hydrogen-bond donors (Lipinski definition) is 0. The van der Waals surface area contributed by atoms with Crippen molar-refractivity contribution in [2.45, 2.75) is 75.8 Å². The van der Waals surface area contributed by atoms with Crippen LogP contribution in [0.2, 0.25) is 0 Å². The van der Waals surface area contributed by atoms with Gasteiger partial charge in [0.2, 0.25) is 15.9 Å². The van der Waals surface area contributed by atoms with Gasteiger partial charge in [-0.2, -0.15) is 4.31 Å². The molecule has 0 spiro atoms. The van der Waals surface area contributed by atoms with Crippen molar-refractivity contribution in [3.05, 3.63) is 29.3 Å². The number of rotatable bonds is 5. The first-order chi connectivity index (χ1) is 14.4. The minimum Gasteiger partial charge on any atom is -0.338 e. The molecular formula is C23H35N3O3S. The van der Waals surface area contributed by atoms with Crippen LogP contribution in [0.4, 0.5) is 0 Å². The van der Waals surface area contributed by atoms with E-state index in [1.54, 1.807) is 10.4 Å². The zero-order valence-electron chi connectivity index (χ0n) is 18.3. The summed E-state index contributed by atoms with van der Waals surface area (Å²) in [4.78, 5) is 17.8. The summed E-state index contributed by atoms with van der Waals surface area (Å²) in [7, 11) is -3.47. The van der Waals surface area contributed by atoms with Crippen molar-refractivity contribution in [3.63, 3.8) is 0 Å². The molecule has 30 heavy (non-hydrogen) atoms. The highest BCUT2D eigenvalue weighted by Gasteiger charge is 2.35. The van der Waals surface area contributed by atoms with E-state index in [1.807, 2.05) is 19.1 Å². The maximum absolute atomic E-state index is 13.2. The highest BCUT2D eigenvalue weighted by molar-refractivity contribution is 7.89. The van der Waals surface area contributed by atoms with Crippen molar-refractivity contribution in [1.82, 2.24) is 14.1 Å². The van der Waals surface area contributed by atoms with Gasteiger partial charge in [0.1, 0.15) is 0 Å². The Hall–Kier alpha value is -1.44. The van der Waals surface area contributed by atoms with E-state index >= 15 is 0 Å². The number of sulfonamides is 1. The first-order valence-corrected chi connectivity index (χ1v) is 13.0. The highest BCUT2D eigenvalue weighted by atomic mass is 32.2. The molecule has 2 aliphatic heterocycles. The molecule has 2 fully saturated rings. The molecule has 0 radical (unpaired) electrons. The summed E-state index contributed by atoms with van der Waals surface area (Å²) in [5.74, 6) is 0.205. The van der Waals surface area contributed by atoms with Gasteiger partial charge in [0.25, 0.3) is 0 Å². The second-order valence-corrected chi connectivity index (χ2v) is 10.9. The van der Waals surface area contributed by atoms with Gasteiger partial charge in [-0.05, 0) is 75.1 Å². The predicted molar refractivity (Wildman–Crippen MR) is 118 cm³/mol. The van der Waals surface area contributed by atoms with Gasteiger partial charge in [-0.3, -0.25) is 9.69 Å². The van der Waals surface area contributed by atoms with Crippen LogP contribution < -0.4 is 0 Å². The quantitative estimate of drug-likeness (QED) is 0.716. The third-order valence-electron chi connectivity index (χ3n) is 7.27. The minimum absolute atomic E-state index is 0.193. The second kappa shape index (κ2) is 8.97. The van der Waals surface area contributed by atoms with Gasteiger partial charge in [0, 0.05) is 38.8 Å². The number of amides is 1. The van der Waals surface area contributed by atoms with Crippen molar-refractivity contribution in [2.75, 3.05) is 32.7 Å². The number of carbonyl (C=O) groups is 1. The predicted octanol–water partition coefficient (Wildman–Crippen LogP) is 2.66. The Bertz CT molecular complexity index is 878. The fourth-order valence-corrected chi connectivity index (χ4v) is 6.77. The summed E-state index contributed by atoms with van der Waals surface area (Å²) in [5, 5.41) is 0. The lowest BCUT2D eigenvalue weighted by Crippen LogP contribution is -2.57. The molecule has 4 rings (SSSR count). The molecule has 0 bridgehead atoms. The molecule has 0 saturated carbocycles. The third kappa shape index (κ3) is 4.16. The number of likely N-dealkylation sites (tertiary alicyclic amines) is 1. The van der Waals surface area contributed by atoms with E-state index in [0.717, 1.165) is 45.1 Å². The van der Waals surface area contributed by atoms with Crippen LogP contribution in [-0.2, 0) is 27.7 Å². The van der Waals surface area contributed by atoms with E-state index in [2.05, 4.69) is 16.7 Å². The van der Waals surface area contributed by atoms with Gasteiger partial charge in [-0.1, -0.05) is 13.0 Å². The van der Waals surface area contributed by atoms with Gasteiger partial charge >= 0.3 is 0 Å². The van der Waals surface area contributed by atoms with E-state index in [-0.39, 0.29) is 11.9 Å². The standard InChI is InChI=1S/C23H35N3O3S/c1-3-21-9-4-5-12-26(21)23(27)18(2)24-13-15-25(16-14-24)30(28,29)22-11-10-19-7-6-8-20(19)17-22/h10-11,17-18,21H,3-9,12-16H2,1-2H3. The molecule has 1 aromatic carbocycles. The Kier molecular flexibility index (Phi) is 6.51. The monoisotopic (exact) mass is 433 g/mol. The molecule has 2 saturated heterocycles. The molecule has 7 heteroatoms. The average molecular weight is 434 g/mol. The molecule has 1 amide bonds. The molecule has 3 aliphatic rings. The first kappa shape index (κ1) is 21.8. The Morgan fingerprint density at radius 1 is 1.03 bits per heavy atom. The third-order valence-corrected chi connectivity index (χ3v) is 9.16. The van der Waals surface area contributed by atoms with E-state index < -0.39 is 10.0 Å². The fourth-order valence-electron chi connectivity index (χ4n) is 5.30. The topological polar surface area (TPSA) is 60.9 Å². The van der Waals surface area contributed by atoms with Crippen LogP contribution >= 0.6 is 0 Å². The molecule has 1 aromatic rings. The van der Waals surface area contributed by atoms with Crippen molar-refractivity contribution >= 4 is 15.9 Å². The summed E-state index contributed by atoms with van der Waals surface area (Å²) in [6.45, 7) is 7.07. The van der Waals surface area contributed by atoms with Crippen LogP contribution in [0.25, 0.3) is 0 Å². The van der Waals surface area contributed by atoms with E-state index in [4.69, 9.17) is 0 Å². The molecule has 0 aromatic heterocycles. The SMILES string of the molecule is CCC1CCCCN1C(=O)C(C)N1CCN(S(=O)(=O)c2ccc3c(c2)CCC3)CC1. The lowest BCUT2D eigenvalue weighted by Gasteiger charge is -2.41. The molecule has 6 nitrogen and oxygen atoms in total. The molecule has 2 atom stereocenters. The van der Waals surface area contributed by atoms with Gasteiger partial charge in [-0.15, -0.1) is 0 Å². The maximum Gasteiger partial charge on any atom is 0.243 e. The number of piperidine rings is 1. The van der Waals surface area contributed by atoms with Gasteiger partial charge in [0.15, 0.2) is 0 Å². The number of nitrogens with zero attached hydrogens (tertiary/aromatic N) is 3. The second-order valence-electron chi connectivity index (χ2n) is 8.99. The van der Waals surface area contributed by atoms with Crippen LogP contribution in [-0.4, -0.2) is 73.2 Å². The normalized spacial score (nSPS) is 24.6. The van der Waals surface area contributed by atoms with Crippen molar-refractivity contribution in [2.24, 2.45) is 0 Å². The molecule has 1 aliphatic carbocycles. The number of aryl methyl sites for hydroxylation is 2. The van der Waals surface area contributed by atoms with E-state index in [1.165, 1.54) is 17.5 Å². The van der Waals surface area contributed by atoms with Crippen LogP contribution in [0.15, 0.2) is 23.1 Å². The van der Waals surface area contributed by atoms with Crippen molar-refractivity contribution in [3.8, 4) is 0 Å². The van der Waals surface area contributed by atoms with Crippen LogP contribution in [0.1, 0.15) is 57.1 Å². The highest BCUT2D eigenvalue weighted by Crippen LogP contribution is 2.27. The Labute approximate surface area is 181 Å². The zero-order valence-corrected chi connectivity index (χ0v) is 19.2. The number of hydrogen-bond acceptors (Lipinski definition) is 4. The first-order valence-electron chi connectivity index (χ1n) is 11.6. The van der Waals surface area contributed by atoms with E-state index in [0.29, 0.717) is 37.1 Å². The van der Waals surface area contributed by atoms with Gasteiger partial charge < -0.3 is 4.90 Å². The Morgan fingerprint density at radius 3 is 2.50 bits per heavy atom. The van der Waals surface area contributed by atoms with Crippen LogP contribution in [0, 0.1) is 0 Å².